The summed E-state index contributed by atoms with van der Waals surface area (Å²) in [5.41, 5.74) is 2.13. The van der Waals surface area contributed by atoms with E-state index < -0.39 is 0 Å². The van der Waals surface area contributed by atoms with Crippen molar-refractivity contribution in [1.82, 2.24) is 19.4 Å². The Morgan fingerprint density at radius 3 is 2.67 bits per heavy atom. The van der Waals surface area contributed by atoms with Gasteiger partial charge in [0.2, 0.25) is 5.91 Å². The highest BCUT2D eigenvalue weighted by atomic mass is 32.2. The SMILES string of the molecule is CCN(CC)CCn1c2c(c(SCC(=O)N3CCOCC3)nc1=O)CCC2. The van der Waals surface area contributed by atoms with E-state index in [1.165, 1.54) is 17.3 Å². The molecule has 7 nitrogen and oxygen atoms in total. The topological polar surface area (TPSA) is 67.7 Å². The monoisotopic (exact) mass is 394 g/mol. The van der Waals surface area contributed by atoms with Crippen molar-refractivity contribution in [1.29, 1.82) is 0 Å². The number of fused-ring (bicyclic) bond motifs is 1. The Labute approximate surface area is 165 Å². The summed E-state index contributed by atoms with van der Waals surface area (Å²) in [7, 11) is 0. The van der Waals surface area contributed by atoms with Crippen LogP contribution >= 0.6 is 11.8 Å². The molecule has 0 radical (unpaired) electrons. The van der Waals surface area contributed by atoms with E-state index in [0.717, 1.165) is 49.6 Å². The van der Waals surface area contributed by atoms with Gasteiger partial charge in [0.15, 0.2) is 0 Å². The summed E-state index contributed by atoms with van der Waals surface area (Å²) in [4.78, 5) is 33.5. The number of aromatic nitrogens is 2. The summed E-state index contributed by atoms with van der Waals surface area (Å²) in [5, 5.41) is 0.758. The third-order valence-corrected chi connectivity index (χ3v) is 6.43. The largest absolute Gasteiger partial charge is 0.378 e. The summed E-state index contributed by atoms with van der Waals surface area (Å²) in [6.07, 6.45) is 2.93. The third kappa shape index (κ3) is 4.92. The molecular weight excluding hydrogens is 364 g/mol. The van der Waals surface area contributed by atoms with Gasteiger partial charge in [0.1, 0.15) is 5.03 Å². The summed E-state index contributed by atoms with van der Waals surface area (Å²) < 4.78 is 7.15. The second-order valence-corrected chi connectivity index (χ2v) is 7.90. The van der Waals surface area contributed by atoms with E-state index in [-0.39, 0.29) is 11.6 Å². The van der Waals surface area contributed by atoms with Gasteiger partial charge in [-0.1, -0.05) is 25.6 Å². The van der Waals surface area contributed by atoms with E-state index in [9.17, 15) is 9.59 Å². The van der Waals surface area contributed by atoms with Gasteiger partial charge >= 0.3 is 5.69 Å². The number of rotatable bonds is 8. The number of carbonyl (C=O) groups is 1. The van der Waals surface area contributed by atoms with Gasteiger partial charge in [-0.3, -0.25) is 9.36 Å². The number of morpholine rings is 1. The maximum atomic E-state index is 12.6. The van der Waals surface area contributed by atoms with Crippen molar-refractivity contribution in [3.05, 3.63) is 21.7 Å². The zero-order chi connectivity index (χ0) is 19.2. The molecule has 0 saturated carbocycles. The highest BCUT2D eigenvalue weighted by Crippen LogP contribution is 2.29. The molecule has 0 aromatic carbocycles. The zero-order valence-electron chi connectivity index (χ0n) is 16.4. The molecule has 1 fully saturated rings. The molecule has 2 aliphatic rings. The minimum Gasteiger partial charge on any atom is -0.378 e. The number of thioether (sulfide) groups is 1. The van der Waals surface area contributed by atoms with E-state index >= 15 is 0 Å². The van der Waals surface area contributed by atoms with Crippen LogP contribution in [-0.4, -0.2) is 76.9 Å². The molecule has 0 bridgehead atoms. The van der Waals surface area contributed by atoms with Crippen LogP contribution in [0.2, 0.25) is 0 Å². The van der Waals surface area contributed by atoms with E-state index in [1.54, 1.807) is 0 Å². The first-order valence-corrected chi connectivity index (χ1v) is 11.0. The summed E-state index contributed by atoms with van der Waals surface area (Å²) in [5.74, 6) is 0.435. The van der Waals surface area contributed by atoms with Gasteiger partial charge in [-0.15, -0.1) is 0 Å². The van der Waals surface area contributed by atoms with Crippen LogP contribution in [0.1, 0.15) is 31.5 Å². The van der Waals surface area contributed by atoms with Gasteiger partial charge in [-0.25, -0.2) is 4.79 Å². The Morgan fingerprint density at radius 1 is 1.22 bits per heavy atom. The number of amides is 1. The average molecular weight is 395 g/mol. The zero-order valence-corrected chi connectivity index (χ0v) is 17.2. The lowest BCUT2D eigenvalue weighted by molar-refractivity contribution is -0.132. The number of nitrogens with zero attached hydrogens (tertiary/aromatic N) is 4. The summed E-state index contributed by atoms with van der Waals surface area (Å²) in [6.45, 7) is 10.3. The molecule has 1 aliphatic heterocycles. The first kappa shape index (κ1) is 20.4. The number of hydrogen-bond acceptors (Lipinski definition) is 6. The fourth-order valence-electron chi connectivity index (χ4n) is 3.75. The lowest BCUT2D eigenvalue weighted by atomic mass is 10.2. The Bertz CT molecular complexity index is 712. The second kappa shape index (κ2) is 9.71. The molecule has 1 aromatic rings. The van der Waals surface area contributed by atoms with Crippen LogP contribution in [0.15, 0.2) is 9.82 Å². The van der Waals surface area contributed by atoms with Crippen molar-refractivity contribution in [3.63, 3.8) is 0 Å². The summed E-state index contributed by atoms with van der Waals surface area (Å²) in [6, 6.07) is 0. The number of ether oxygens (including phenoxy) is 1. The number of carbonyl (C=O) groups excluding carboxylic acids is 1. The van der Waals surface area contributed by atoms with Gasteiger partial charge in [-0.05, 0) is 32.4 Å². The molecule has 27 heavy (non-hydrogen) atoms. The van der Waals surface area contributed by atoms with Crippen LogP contribution < -0.4 is 5.69 Å². The average Bonchev–Trinajstić information content (AvgIpc) is 3.18. The Balaban J connectivity index is 1.70. The first-order valence-electron chi connectivity index (χ1n) is 9.97. The fourth-order valence-corrected chi connectivity index (χ4v) is 4.73. The van der Waals surface area contributed by atoms with E-state index in [1.807, 2.05) is 9.47 Å². The molecule has 1 saturated heterocycles. The highest BCUT2D eigenvalue weighted by molar-refractivity contribution is 7.99. The lowest BCUT2D eigenvalue weighted by Crippen LogP contribution is -2.41. The van der Waals surface area contributed by atoms with Crippen molar-refractivity contribution < 1.29 is 9.53 Å². The van der Waals surface area contributed by atoms with E-state index in [2.05, 4.69) is 23.7 Å². The van der Waals surface area contributed by atoms with E-state index in [4.69, 9.17) is 4.74 Å². The molecule has 150 valence electrons. The molecule has 3 rings (SSSR count). The van der Waals surface area contributed by atoms with Crippen molar-refractivity contribution in [3.8, 4) is 0 Å². The van der Waals surface area contributed by atoms with Crippen LogP contribution in [0.4, 0.5) is 0 Å². The maximum absolute atomic E-state index is 12.6. The Kier molecular flexibility index (Phi) is 7.32. The minimum absolute atomic E-state index is 0.0996. The van der Waals surface area contributed by atoms with Crippen molar-refractivity contribution in [2.24, 2.45) is 0 Å². The van der Waals surface area contributed by atoms with Crippen molar-refractivity contribution in [2.75, 3.05) is 51.7 Å². The predicted molar refractivity (Wildman–Crippen MR) is 106 cm³/mol. The Morgan fingerprint density at radius 2 is 1.96 bits per heavy atom. The number of likely N-dealkylation sites (N-methyl/N-ethyl adjacent to an activating group) is 1. The number of hydrogen-bond donors (Lipinski definition) is 0. The Hall–Kier alpha value is -1.38. The molecule has 2 heterocycles. The lowest BCUT2D eigenvalue weighted by Gasteiger charge is -2.26. The van der Waals surface area contributed by atoms with E-state index in [0.29, 0.717) is 38.6 Å². The van der Waals surface area contributed by atoms with Crippen LogP contribution in [0.3, 0.4) is 0 Å². The molecule has 1 aromatic heterocycles. The van der Waals surface area contributed by atoms with Crippen LogP contribution in [0.25, 0.3) is 0 Å². The minimum atomic E-state index is -0.177. The normalized spacial score (nSPS) is 16.8. The van der Waals surface area contributed by atoms with Gasteiger partial charge in [0.25, 0.3) is 0 Å². The molecule has 0 unspecified atom stereocenters. The molecule has 0 spiro atoms. The fraction of sp³-hybridized carbons (Fsp3) is 0.737. The molecule has 8 heteroatoms. The highest BCUT2D eigenvalue weighted by Gasteiger charge is 2.24. The molecule has 1 amide bonds. The standard InChI is InChI=1S/C19H30N4O3S/c1-3-21(4-2)8-9-23-16-7-5-6-15(16)18(20-19(23)25)27-14-17(24)22-10-12-26-13-11-22/h3-14H2,1-2H3. The van der Waals surface area contributed by atoms with Crippen LogP contribution in [0.5, 0.6) is 0 Å². The predicted octanol–water partition coefficient (Wildman–Crippen LogP) is 1.02. The van der Waals surface area contributed by atoms with Gasteiger partial charge in [0, 0.05) is 37.4 Å². The second-order valence-electron chi connectivity index (χ2n) is 6.94. The smallest absolute Gasteiger partial charge is 0.348 e. The van der Waals surface area contributed by atoms with Crippen LogP contribution in [-0.2, 0) is 28.9 Å². The molecule has 0 N–H and O–H groups in total. The van der Waals surface area contributed by atoms with Crippen molar-refractivity contribution in [2.45, 2.75) is 44.7 Å². The van der Waals surface area contributed by atoms with Crippen LogP contribution in [0, 0.1) is 0 Å². The van der Waals surface area contributed by atoms with Gasteiger partial charge in [0.05, 0.1) is 19.0 Å². The summed E-state index contributed by atoms with van der Waals surface area (Å²) >= 11 is 1.42. The van der Waals surface area contributed by atoms with Crippen molar-refractivity contribution >= 4 is 17.7 Å². The molecular formula is C19H30N4O3S. The first-order chi connectivity index (χ1) is 13.1. The third-order valence-electron chi connectivity index (χ3n) is 5.43. The van der Waals surface area contributed by atoms with Gasteiger partial charge < -0.3 is 14.5 Å². The molecule has 1 aliphatic carbocycles. The van der Waals surface area contributed by atoms with Gasteiger partial charge in [-0.2, -0.15) is 4.98 Å². The quantitative estimate of drug-likeness (QED) is 0.485. The molecule has 0 atom stereocenters. The maximum Gasteiger partial charge on any atom is 0.348 e.